The number of nitrogens with zero attached hydrogens (tertiary/aromatic N) is 3. The third kappa shape index (κ3) is 3.22. The van der Waals surface area contributed by atoms with Gasteiger partial charge in [0, 0.05) is 13.1 Å². The number of nitrogens with one attached hydrogen (secondary N) is 1. The van der Waals surface area contributed by atoms with Crippen molar-refractivity contribution in [3.63, 3.8) is 0 Å². The van der Waals surface area contributed by atoms with Crippen molar-refractivity contribution in [2.45, 2.75) is 26.7 Å². The van der Waals surface area contributed by atoms with Crippen LogP contribution in [-0.4, -0.2) is 47.3 Å². The number of benzene rings is 1. The minimum absolute atomic E-state index is 0.120. The van der Waals surface area contributed by atoms with Crippen LogP contribution in [-0.2, 0) is 0 Å². The predicted molar refractivity (Wildman–Crippen MR) is 95.6 cm³/mol. The molecule has 5 nitrogen and oxygen atoms in total. The van der Waals surface area contributed by atoms with Crippen LogP contribution >= 0.6 is 0 Å². The molecule has 1 fully saturated rings. The highest BCUT2D eigenvalue weighted by Gasteiger charge is 2.27. The summed E-state index contributed by atoms with van der Waals surface area (Å²) in [6.45, 7) is 6.61. The topological polar surface area (TPSA) is 50.2 Å². The van der Waals surface area contributed by atoms with E-state index in [1.807, 2.05) is 60.8 Å². The van der Waals surface area contributed by atoms with E-state index in [9.17, 15) is 4.79 Å². The Hall–Kier alpha value is -2.14. The van der Waals surface area contributed by atoms with Gasteiger partial charge in [-0.25, -0.2) is 4.68 Å². The molecule has 1 amide bonds. The van der Waals surface area contributed by atoms with Crippen molar-refractivity contribution < 1.29 is 4.79 Å². The van der Waals surface area contributed by atoms with E-state index in [2.05, 4.69) is 10.4 Å². The summed E-state index contributed by atoms with van der Waals surface area (Å²) < 4.78 is 1.87. The van der Waals surface area contributed by atoms with Gasteiger partial charge >= 0.3 is 0 Å². The fourth-order valence-corrected chi connectivity index (χ4v) is 3.56. The highest BCUT2D eigenvalue weighted by atomic mass is 16.2. The summed E-state index contributed by atoms with van der Waals surface area (Å²) >= 11 is 0. The molecule has 1 N–H and O–H groups in total. The van der Waals surface area contributed by atoms with Crippen LogP contribution in [0.3, 0.4) is 0 Å². The second kappa shape index (κ2) is 7.18. The van der Waals surface area contributed by atoms with Gasteiger partial charge in [0.05, 0.1) is 22.6 Å². The lowest BCUT2D eigenvalue weighted by atomic mass is 9.96. The van der Waals surface area contributed by atoms with Crippen molar-refractivity contribution in [3.05, 3.63) is 47.3 Å². The van der Waals surface area contributed by atoms with Crippen molar-refractivity contribution in [1.29, 1.82) is 0 Å². The molecular formula is C19H26N4O. The molecule has 0 spiro atoms. The van der Waals surface area contributed by atoms with Gasteiger partial charge < -0.3 is 10.2 Å². The third-order valence-electron chi connectivity index (χ3n) is 4.90. The Kier molecular flexibility index (Phi) is 5.00. The lowest BCUT2D eigenvalue weighted by Gasteiger charge is -2.32. The number of likely N-dealkylation sites (tertiary alicyclic amines) is 1. The number of hydrogen-bond acceptors (Lipinski definition) is 3. The average molecular weight is 326 g/mol. The quantitative estimate of drug-likeness (QED) is 0.939. The molecule has 0 atom stereocenters. The molecule has 1 aliphatic heterocycles. The molecule has 128 valence electrons. The first-order valence-electron chi connectivity index (χ1n) is 8.67. The van der Waals surface area contributed by atoms with Crippen LogP contribution in [0.5, 0.6) is 0 Å². The number of para-hydroxylation sites is 1. The number of aryl methyl sites for hydroxylation is 1. The molecule has 0 aliphatic carbocycles. The summed E-state index contributed by atoms with van der Waals surface area (Å²) in [5.74, 6) is 0.795. The summed E-state index contributed by atoms with van der Waals surface area (Å²) in [7, 11) is 1.99. The molecule has 24 heavy (non-hydrogen) atoms. The van der Waals surface area contributed by atoms with Gasteiger partial charge in [-0.1, -0.05) is 18.2 Å². The number of carbonyl (C=O) groups excluding carboxylic acids is 1. The lowest BCUT2D eigenvalue weighted by molar-refractivity contribution is 0.0689. The van der Waals surface area contributed by atoms with Gasteiger partial charge in [0.1, 0.15) is 0 Å². The molecule has 1 aromatic carbocycles. The maximum atomic E-state index is 13.0. The molecule has 5 heteroatoms. The first kappa shape index (κ1) is 16.7. The van der Waals surface area contributed by atoms with Crippen LogP contribution in [0.25, 0.3) is 5.69 Å². The standard InChI is InChI=1S/C19H26N4O/c1-14-18(15(2)23(21-14)17-7-5-4-6-8-17)19(24)22-11-9-16(10-12-22)13-20-3/h4-8,16,20H,9-13H2,1-3H3. The second-order valence-corrected chi connectivity index (χ2v) is 6.59. The zero-order valence-electron chi connectivity index (χ0n) is 14.7. The van der Waals surface area contributed by atoms with Crippen LogP contribution in [0.2, 0.25) is 0 Å². The lowest BCUT2D eigenvalue weighted by Crippen LogP contribution is -2.40. The molecule has 2 heterocycles. The van der Waals surface area contributed by atoms with E-state index in [1.165, 1.54) is 0 Å². The minimum Gasteiger partial charge on any atom is -0.339 e. The molecule has 0 saturated carbocycles. The van der Waals surface area contributed by atoms with Crippen LogP contribution in [0.15, 0.2) is 30.3 Å². The summed E-state index contributed by atoms with van der Waals surface area (Å²) in [6, 6.07) is 9.98. The van der Waals surface area contributed by atoms with Crippen molar-refractivity contribution in [3.8, 4) is 5.69 Å². The van der Waals surface area contributed by atoms with E-state index in [4.69, 9.17) is 0 Å². The average Bonchev–Trinajstić information content (AvgIpc) is 2.90. The van der Waals surface area contributed by atoms with Gasteiger partial charge in [-0.15, -0.1) is 0 Å². The second-order valence-electron chi connectivity index (χ2n) is 6.59. The Balaban J connectivity index is 1.80. The van der Waals surface area contributed by atoms with Gasteiger partial charge in [-0.2, -0.15) is 5.10 Å². The summed E-state index contributed by atoms with van der Waals surface area (Å²) in [5.41, 5.74) is 3.47. The van der Waals surface area contributed by atoms with E-state index >= 15 is 0 Å². The van der Waals surface area contributed by atoms with Crippen LogP contribution in [0.1, 0.15) is 34.6 Å². The fourth-order valence-electron chi connectivity index (χ4n) is 3.56. The number of carbonyl (C=O) groups is 1. The van der Waals surface area contributed by atoms with Crippen LogP contribution in [0, 0.1) is 19.8 Å². The number of rotatable bonds is 4. The highest BCUT2D eigenvalue weighted by molar-refractivity contribution is 5.96. The van der Waals surface area contributed by atoms with Gasteiger partial charge in [0.25, 0.3) is 5.91 Å². The Bertz CT molecular complexity index is 700. The zero-order valence-corrected chi connectivity index (χ0v) is 14.7. The number of amides is 1. The first-order chi connectivity index (χ1) is 11.6. The zero-order chi connectivity index (χ0) is 17.1. The SMILES string of the molecule is CNCC1CCN(C(=O)c2c(C)nn(-c3ccccc3)c2C)CC1. The van der Waals surface area contributed by atoms with Gasteiger partial charge in [-0.05, 0) is 58.3 Å². The molecule has 3 rings (SSSR count). The predicted octanol–water partition coefficient (Wildman–Crippen LogP) is 2.56. The van der Waals surface area contributed by atoms with Gasteiger partial charge in [0.15, 0.2) is 0 Å². The molecule has 1 aliphatic rings. The number of piperidine rings is 1. The first-order valence-corrected chi connectivity index (χ1v) is 8.67. The van der Waals surface area contributed by atoms with Crippen molar-refractivity contribution in [2.24, 2.45) is 5.92 Å². The summed E-state index contributed by atoms with van der Waals surface area (Å²) in [5, 5.41) is 7.84. The maximum Gasteiger partial charge on any atom is 0.257 e. The third-order valence-corrected chi connectivity index (χ3v) is 4.90. The molecule has 0 unspecified atom stereocenters. The van der Waals surface area contributed by atoms with Crippen LogP contribution in [0.4, 0.5) is 0 Å². The molecule has 2 aromatic rings. The number of aromatic nitrogens is 2. The molecule has 0 bridgehead atoms. The van der Waals surface area contributed by atoms with E-state index in [0.29, 0.717) is 5.92 Å². The van der Waals surface area contributed by atoms with E-state index in [1.54, 1.807) is 0 Å². The van der Waals surface area contributed by atoms with E-state index in [-0.39, 0.29) is 5.91 Å². The van der Waals surface area contributed by atoms with Crippen molar-refractivity contribution in [2.75, 3.05) is 26.7 Å². The van der Waals surface area contributed by atoms with E-state index in [0.717, 1.165) is 55.1 Å². The van der Waals surface area contributed by atoms with Crippen molar-refractivity contribution >= 4 is 5.91 Å². The maximum absolute atomic E-state index is 13.0. The Labute approximate surface area is 143 Å². The fraction of sp³-hybridized carbons (Fsp3) is 0.474. The number of hydrogen-bond donors (Lipinski definition) is 1. The summed E-state index contributed by atoms with van der Waals surface area (Å²) in [6.07, 6.45) is 2.13. The highest BCUT2D eigenvalue weighted by Crippen LogP contribution is 2.23. The molecule has 1 saturated heterocycles. The van der Waals surface area contributed by atoms with Crippen molar-refractivity contribution in [1.82, 2.24) is 20.0 Å². The smallest absolute Gasteiger partial charge is 0.257 e. The summed E-state index contributed by atoms with van der Waals surface area (Å²) in [4.78, 5) is 15.0. The Morgan fingerprint density at radius 2 is 1.88 bits per heavy atom. The largest absolute Gasteiger partial charge is 0.339 e. The van der Waals surface area contributed by atoms with Gasteiger partial charge in [0.2, 0.25) is 0 Å². The van der Waals surface area contributed by atoms with Gasteiger partial charge in [-0.3, -0.25) is 4.79 Å². The van der Waals surface area contributed by atoms with Crippen LogP contribution < -0.4 is 5.32 Å². The molecular weight excluding hydrogens is 300 g/mol. The molecule has 0 radical (unpaired) electrons. The Morgan fingerprint density at radius 3 is 2.50 bits per heavy atom. The Morgan fingerprint density at radius 1 is 1.21 bits per heavy atom. The normalized spacial score (nSPS) is 15.7. The monoisotopic (exact) mass is 326 g/mol. The minimum atomic E-state index is 0.120. The molecule has 1 aromatic heterocycles. The van der Waals surface area contributed by atoms with E-state index < -0.39 is 0 Å².